The molecule has 1 atom stereocenters. The summed E-state index contributed by atoms with van der Waals surface area (Å²) in [6.45, 7) is 3.61. The summed E-state index contributed by atoms with van der Waals surface area (Å²) in [7, 11) is 0. The molecule has 0 spiro atoms. The van der Waals surface area contributed by atoms with Gasteiger partial charge in [0.2, 0.25) is 0 Å². The van der Waals surface area contributed by atoms with Crippen molar-refractivity contribution in [1.29, 1.82) is 0 Å². The van der Waals surface area contributed by atoms with Crippen LogP contribution in [0.1, 0.15) is 13.8 Å². The van der Waals surface area contributed by atoms with E-state index in [0.29, 0.717) is 27.1 Å². The predicted molar refractivity (Wildman–Crippen MR) is 86.7 cm³/mol. The molecule has 0 saturated carbocycles. The number of halogens is 2. The number of nitrogens with one attached hydrogen (secondary N) is 2. The Bertz CT molecular complexity index is 661. The minimum absolute atomic E-state index is 0.0345. The summed E-state index contributed by atoms with van der Waals surface area (Å²) < 4.78 is 10.6. The second-order valence-corrected chi connectivity index (χ2v) is 5.64. The fourth-order valence-corrected chi connectivity index (χ4v) is 2.60. The van der Waals surface area contributed by atoms with E-state index < -0.39 is 18.0 Å². The number of carbonyl (C=O) groups excluding carboxylic acids is 2. The smallest absolute Gasteiger partial charge is 0.338 e. The molecule has 0 aromatic heterocycles. The van der Waals surface area contributed by atoms with E-state index in [1.54, 1.807) is 32.0 Å². The third-order valence-electron chi connectivity index (χ3n) is 3.13. The highest BCUT2D eigenvalue weighted by molar-refractivity contribution is 6.35. The molecule has 124 valence electrons. The lowest BCUT2D eigenvalue weighted by Crippen LogP contribution is -2.50. The van der Waals surface area contributed by atoms with Gasteiger partial charge in [-0.05, 0) is 32.0 Å². The van der Waals surface area contributed by atoms with E-state index in [2.05, 4.69) is 10.6 Å². The molecule has 0 aliphatic carbocycles. The predicted octanol–water partition coefficient (Wildman–Crippen LogP) is 2.89. The molecule has 2 amide bonds. The molecule has 0 bridgehead atoms. The molecule has 1 aromatic rings. The zero-order valence-electron chi connectivity index (χ0n) is 12.6. The second-order valence-electron chi connectivity index (χ2n) is 4.80. The van der Waals surface area contributed by atoms with Crippen LogP contribution in [0.5, 0.6) is 5.75 Å². The van der Waals surface area contributed by atoms with E-state index in [0.717, 1.165) is 0 Å². The summed E-state index contributed by atoms with van der Waals surface area (Å²) in [4.78, 5) is 23.7. The Balaban J connectivity index is 2.23. The molecule has 2 N–H and O–H groups in total. The van der Waals surface area contributed by atoms with Gasteiger partial charge >= 0.3 is 12.0 Å². The summed E-state index contributed by atoms with van der Waals surface area (Å²) in [5.41, 5.74) is 0.655. The normalized spacial score (nSPS) is 17.4. The van der Waals surface area contributed by atoms with Crippen LogP contribution >= 0.6 is 23.2 Å². The fourth-order valence-electron chi connectivity index (χ4n) is 2.14. The number of benzene rings is 1. The van der Waals surface area contributed by atoms with Gasteiger partial charge in [-0.15, -0.1) is 0 Å². The first-order valence-electron chi connectivity index (χ1n) is 6.98. The molecule has 1 heterocycles. The van der Waals surface area contributed by atoms with Crippen LogP contribution in [0.15, 0.2) is 29.5 Å². The molecule has 0 unspecified atom stereocenters. The average Bonchev–Trinajstić information content (AvgIpc) is 2.45. The van der Waals surface area contributed by atoms with Crippen LogP contribution in [-0.4, -0.2) is 31.3 Å². The van der Waals surface area contributed by atoms with Crippen LogP contribution in [-0.2, 0) is 9.53 Å². The fraction of sp³-hybridized carbons (Fsp3) is 0.333. The number of urea groups is 1. The molecular weight excluding hydrogens is 343 g/mol. The Kier molecular flexibility index (Phi) is 5.74. The minimum atomic E-state index is -0.506. The third-order valence-corrected chi connectivity index (χ3v) is 3.66. The molecule has 0 saturated heterocycles. The van der Waals surface area contributed by atoms with E-state index in [9.17, 15) is 9.59 Å². The highest BCUT2D eigenvalue weighted by atomic mass is 35.5. The van der Waals surface area contributed by atoms with E-state index >= 15 is 0 Å². The molecule has 1 aliphatic rings. The Morgan fingerprint density at radius 2 is 2.09 bits per heavy atom. The van der Waals surface area contributed by atoms with Crippen molar-refractivity contribution in [2.75, 3.05) is 13.2 Å². The quantitative estimate of drug-likeness (QED) is 0.793. The van der Waals surface area contributed by atoms with E-state index in [-0.39, 0.29) is 13.2 Å². The van der Waals surface area contributed by atoms with Gasteiger partial charge < -0.3 is 20.1 Å². The number of rotatable bonds is 5. The van der Waals surface area contributed by atoms with Crippen molar-refractivity contribution in [2.45, 2.75) is 19.9 Å². The minimum Gasteiger partial charge on any atom is -0.486 e. The van der Waals surface area contributed by atoms with Crippen LogP contribution in [0.2, 0.25) is 10.0 Å². The van der Waals surface area contributed by atoms with Gasteiger partial charge in [-0.3, -0.25) is 0 Å². The van der Waals surface area contributed by atoms with Crippen molar-refractivity contribution in [3.8, 4) is 5.75 Å². The van der Waals surface area contributed by atoms with Crippen molar-refractivity contribution >= 4 is 35.2 Å². The third kappa shape index (κ3) is 4.30. The Morgan fingerprint density at radius 3 is 2.74 bits per heavy atom. The van der Waals surface area contributed by atoms with E-state index in [4.69, 9.17) is 32.7 Å². The van der Waals surface area contributed by atoms with Crippen LogP contribution in [0.4, 0.5) is 4.79 Å². The first-order chi connectivity index (χ1) is 10.9. The lowest BCUT2D eigenvalue weighted by molar-refractivity contribution is -0.139. The Morgan fingerprint density at radius 1 is 1.35 bits per heavy atom. The SMILES string of the molecule is CCOC(=O)C1=C(COc2ccc(Cl)cc2Cl)NC(=O)N[C@H]1C. The largest absolute Gasteiger partial charge is 0.486 e. The summed E-state index contributed by atoms with van der Waals surface area (Å²) >= 11 is 11.9. The lowest BCUT2D eigenvalue weighted by Gasteiger charge is -2.26. The maximum Gasteiger partial charge on any atom is 0.338 e. The number of carbonyl (C=O) groups is 2. The van der Waals surface area contributed by atoms with Gasteiger partial charge in [0.1, 0.15) is 12.4 Å². The Labute approximate surface area is 143 Å². The van der Waals surface area contributed by atoms with Crippen molar-refractivity contribution in [2.24, 2.45) is 0 Å². The van der Waals surface area contributed by atoms with Gasteiger partial charge in [0, 0.05) is 5.02 Å². The molecule has 1 aromatic carbocycles. The summed E-state index contributed by atoms with van der Waals surface area (Å²) in [5, 5.41) is 6.00. The standard InChI is InChI=1S/C15H16Cl2N2O4/c1-3-22-14(20)13-8(2)18-15(21)19-11(13)7-23-12-5-4-9(16)6-10(12)17/h4-6,8H,3,7H2,1-2H3,(H2,18,19,21)/t8-/m0/s1. The zero-order chi connectivity index (χ0) is 17.0. The number of ether oxygens (including phenoxy) is 2. The maximum atomic E-state index is 12.1. The number of hydrogen-bond acceptors (Lipinski definition) is 4. The number of esters is 1. The topological polar surface area (TPSA) is 76.7 Å². The van der Waals surface area contributed by atoms with Crippen molar-refractivity contribution in [3.05, 3.63) is 39.5 Å². The second kappa shape index (κ2) is 7.57. The van der Waals surface area contributed by atoms with Crippen LogP contribution in [0, 0.1) is 0 Å². The molecule has 0 radical (unpaired) electrons. The van der Waals surface area contributed by atoms with E-state index in [1.807, 2.05) is 0 Å². The van der Waals surface area contributed by atoms with Gasteiger partial charge in [0.05, 0.1) is 28.9 Å². The maximum absolute atomic E-state index is 12.1. The molecule has 2 rings (SSSR count). The zero-order valence-corrected chi connectivity index (χ0v) is 14.1. The molecule has 6 nitrogen and oxygen atoms in total. The molecular formula is C15H16Cl2N2O4. The van der Waals surface area contributed by atoms with Crippen molar-refractivity contribution < 1.29 is 19.1 Å². The Hall–Kier alpha value is -1.92. The number of amides is 2. The molecule has 8 heteroatoms. The van der Waals surface area contributed by atoms with Gasteiger partial charge in [0.25, 0.3) is 0 Å². The summed E-state index contributed by atoms with van der Waals surface area (Å²) in [6.07, 6.45) is 0. The van der Waals surface area contributed by atoms with Crippen molar-refractivity contribution in [1.82, 2.24) is 10.6 Å². The van der Waals surface area contributed by atoms with Gasteiger partial charge in [-0.1, -0.05) is 23.2 Å². The molecule has 0 fully saturated rings. The molecule has 1 aliphatic heterocycles. The first-order valence-corrected chi connectivity index (χ1v) is 7.73. The summed E-state index contributed by atoms with van der Waals surface area (Å²) in [6, 6.07) is 3.89. The summed E-state index contributed by atoms with van der Waals surface area (Å²) in [5.74, 6) is -0.111. The van der Waals surface area contributed by atoms with Crippen LogP contribution in [0.25, 0.3) is 0 Å². The number of hydrogen-bond donors (Lipinski definition) is 2. The first kappa shape index (κ1) is 17.4. The van der Waals surface area contributed by atoms with E-state index in [1.165, 1.54) is 0 Å². The van der Waals surface area contributed by atoms with Crippen LogP contribution in [0.3, 0.4) is 0 Å². The monoisotopic (exact) mass is 358 g/mol. The highest BCUT2D eigenvalue weighted by Gasteiger charge is 2.30. The van der Waals surface area contributed by atoms with Crippen LogP contribution < -0.4 is 15.4 Å². The highest BCUT2D eigenvalue weighted by Crippen LogP contribution is 2.28. The lowest BCUT2D eigenvalue weighted by atomic mass is 10.0. The van der Waals surface area contributed by atoms with Gasteiger partial charge in [-0.2, -0.15) is 0 Å². The molecule has 23 heavy (non-hydrogen) atoms. The van der Waals surface area contributed by atoms with Gasteiger partial charge in [0.15, 0.2) is 0 Å². The average molecular weight is 359 g/mol. The van der Waals surface area contributed by atoms with Gasteiger partial charge in [-0.25, -0.2) is 9.59 Å². The van der Waals surface area contributed by atoms with Crippen molar-refractivity contribution in [3.63, 3.8) is 0 Å².